The third kappa shape index (κ3) is 2.75. The second-order valence-corrected chi connectivity index (χ2v) is 4.36. The van der Waals surface area contributed by atoms with Crippen molar-refractivity contribution in [3.63, 3.8) is 0 Å². The zero-order valence-corrected chi connectivity index (χ0v) is 10.0. The fourth-order valence-electron chi connectivity index (χ4n) is 1.73. The number of hydrogen-bond donors (Lipinski definition) is 0. The van der Waals surface area contributed by atoms with Gasteiger partial charge in [0.15, 0.2) is 0 Å². The first-order valence-electron chi connectivity index (χ1n) is 5.39. The van der Waals surface area contributed by atoms with Crippen LogP contribution >= 0.6 is 11.6 Å². The molecule has 14 heavy (non-hydrogen) atoms. The van der Waals surface area contributed by atoms with Gasteiger partial charge in [0, 0.05) is 0 Å². The Morgan fingerprint density at radius 3 is 2.00 bits per heavy atom. The quantitative estimate of drug-likeness (QED) is 0.632. The Balaban J connectivity index is 2.77. The molecule has 0 aliphatic heterocycles. The molecule has 0 aromatic heterocycles. The molecule has 0 aliphatic carbocycles. The Hall–Kier alpha value is -0.490. The third-order valence-corrected chi connectivity index (χ3v) is 3.47. The molecule has 1 rings (SSSR count). The van der Waals surface area contributed by atoms with Crippen LogP contribution in [0.4, 0.5) is 0 Å². The molecule has 1 heteroatoms. The maximum atomic E-state index is 6.42. The summed E-state index contributed by atoms with van der Waals surface area (Å²) in [5.74, 6) is 0.597. The van der Waals surface area contributed by atoms with Crippen molar-refractivity contribution in [2.75, 3.05) is 0 Å². The van der Waals surface area contributed by atoms with Gasteiger partial charge in [0.05, 0.1) is 5.38 Å². The van der Waals surface area contributed by atoms with Crippen molar-refractivity contribution in [2.45, 2.75) is 39.0 Å². The van der Waals surface area contributed by atoms with E-state index in [0.717, 1.165) is 12.8 Å². The standard InChI is InChI=1S/C13H19Cl/c1-4-11(5-2)13(14)12-8-6-10(3)7-9-12/h6-9,11,13H,4-5H2,1-3H3. The zero-order valence-electron chi connectivity index (χ0n) is 9.26. The summed E-state index contributed by atoms with van der Waals surface area (Å²) in [7, 11) is 0. The molecular formula is C13H19Cl. The van der Waals surface area contributed by atoms with Crippen molar-refractivity contribution in [2.24, 2.45) is 5.92 Å². The Morgan fingerprint density at radius 1 is 1.07 bits per heavy atom. The van der Waals surface area contributed by atoms with Crippen molar-refractivity contribution < 1.29 is 0 Å². The average molecular weight is 211 g/mol. The molecule has 0 spiro atoms. The van der Waals surface area contributed by atoms with Gasteiger partial charge in [-0.05, 0) is 18.4 Å². The first-order valence-corrected chi connectivity index (χ1v) is 5.83. The van der Waals surface area contributed by atoms with Crippen LogP contribution in [0.2, 0.25) is 0 Å². The van der Waals surface area contributed by atoms with Gasteiger partial charge in [-0.1, -0.05) is 56.5 Å². The van der Waals surface area contributed by atoms with E-state index in [1.807, 2.05) is 0 Å². The number of halogens is 1. The highest BCUT2D eigenvalue weighted by atomic mass is 35.5. The molecule has 1 unspecified atom stereocenters. The lowest BCUT2D eigenvalue weighted by atomic mass is 9.93. The number of benzene rings is 1. The lowest BCUT2D eigenvalue weighted by Crippen LogP contribution is -2.05. The summed E-state index contributed by atoms with van der Waals surface area (Å²) in [4.78, 5) is 0. The molecule has 1 aromatic carbocycles. The van der Waals surface area contributed by atoms with Gasteiger partial charge in [0.1, 0.15) is 0 Å². The van der Waals surface area contributed by atoms with Gasteiger partial charge < -0.3 is 0 Å². The Bertz CT molecular complexity index is 259. The van der Waals surface area contributed by atoms with Crippen LogP contribution in [0.5, 0.6) is 0 Å². The summed E-state index contributed by atoms with van der Waals surface area (Å²) in [6.07, 6.45) is 2.30. The molecule has 0 saturated carbocycles. The van der Waals surface area contributed by atoms with Crippen molar-refractivity contribution in [3.05, 3.63) is 35.4 Å². The molecule has 1 atom stereocenters. The van der Waals surface area contributed by atoms with Gasteiger partial charge >= 0.3 is 0 Å². The summed E-state index contributed by atoms with van der Waals surface area (Å²) in [6.45, 7) is 6.51. The zero-order chi connectivity index (χ0) is 10.6. The fourth-order valence-corrected chi connectivity index (χ4v) is 2.23. The Kier molecular flexibility index (Phi) is 4.47. The van der Waals surface area contributed by atoms with Gasteiger partial charge in [0.25, 0.3) is 0 Å². The minimum Gasteiger partial charge on any atom is -0.118 e. The molecule has 0 bridgehead atoms. The van der Waals surface area contributed by atoms with E-state index in [-0.39, 0.29) is 5.38 Å². The van der Waals surface area contributed by atoms with Gasteiger partial charge in [0.2, 0.25) is 0 Å². The van der Waals surface area contributed by atoms with E-state index in [0.29, 0.717) is 5.92 Å². The molecular weight excluding hydrogens is 192 g/mol. The predicted molar refractivity (Wildman–Crippen MR) is 63.8 cm³/mol. The van der Waals surface area contributed by atoms with Crippen LogP contribution in [0.3, 0.4) is 0 Å². The SMILES string of the molecule is CCC(CC)C(Cl)c1ccc(C)cc1. The van der Waals surface area contributed by atoms with Crippen LogP contribution in [0.1, 0.15) is 43.2 Å². The minimum atomic E-state index is 0.172. The molecule has 0 saturated heterocycles. The molecule has 1 aromatic rings. The molecule has 0 radical (unpaired) electrons. The molecule has 0 heterocycles. The maximum Gasteiger partial charge on any atom is 0.0613 e. The maximum absolute atomic E-state index is 6.42. The van der Waals surface area contributed by atoms with Crippen molar-refractivity contribution in [1.29, 1.82) is 0 Å². The Labute approximate surface area is 92.3 Å². The smallest absolute Gasteiger partial charge is 0.0613 e. The van der Waals surface area contributed by atoms with E-state index in [4.69, 9.17) is 11.6 Å². The highest BCUT2D eigenvalue weighted by Crippen LogP contribution is 2.33. The minimum absolute atomic E-state index is 0.172. The Morgan fingerprint density at radius 2 is 1.57 bits per heavy atom. The molecule has 78 valence electrons. The van der Waals surface area contributed by atoms with Crippen LogP contribution in [-0.4, -0.2) is 0 Å². The van der Waals surface area contributed by atoms with E-state index >= 15 is 0 Å². The fraction of sp³-hybridized carbons (Fsp3) is 0.538. The molecule has 0 aliphatic rings. The summed E-state index contributed by atoms with van der Waals surface area (Å²) in [5.41, 5.74) is 2.55. The third-order valence-electron chi connectivity index (χ3n) is 2.86. The summed E-state index contributed by atoms with van der Waals surface area (Å²) < 4.78 is 0. The first kappa shape index (κ1) is 11.6. The number of rotatable bonds is 4. The molecule has 0 nitrogen and oxygen atoms in total. The van der Waals surface area contributed by atoms with E-state index < -0.39 is 0 Å². The second-order valence-electron chi connectivity index (χ2n) is 3.89. The summed E-state index contributed by atoms with van der Waals surface area (Å²) in [5, 5.41) is 0.172. The average Bonchev–Trinajstić information content (AvgIpc) is 2.20. The monoisotopic (exact) mass is 210 g/mol. The second kappa shape index (κ2) is 5.41. The van der Waals surface area contributed by atoms with Crippen LogP contribution in [-0.2, 0) is 0 Å². The van der Waals surface area contributed by atoms with E-state index in [1.165, 1.54) is 11.1 Å². The predicted octanol–water partition coefficient (Wildman–Crippen LogP) is 4.71. The van der Waals surface area contributed by atoms with Gasteiger partial charge in [-0.3, -0.25) is 0 Å². The van der Waals surface area contributed by atoms with Crippen LogP contribution < -0.4 is 0 Å². The molecule has 0 amide bonds. The largest absolute Gasteiger partial charge is 0.118 e. The lowest BCUT2D eigenvalue weighted by Gasteiger charge is -2.19. The van der Waals surface area contributed by atoms with Crippen molar-refractivity contribution in [3.8, 4) is 0 Å². The van der Waals surface area contributed by atoms with E-state index in [1.54, 1.807) is 0 Å². The first-order chi connectivity index (χ1) is 6.69. The van der Waals surface area contributed by atoms with Crippen LogP contribution in [0.25, 0.3) is 0 Å². The van der Waals surface area contributed by atoms with Crippen molar-refractivity contribution >= 4 is 11.6 Å². The number of hydrogen-bond acceptors (Lipinski definition) is 0. The summed E-state index contributed by atoms with van der Waals surface area (Å²) >= 11 is 6.42. The lowest BCUT2D eigenvalue weighted by molar-refractivity contribution is 0.476. The van der Waals surface area contributed by atoms with Gasteiger partial charge in [-0.2, -0.15) is 0 Å². The summed E-state index contributed by atoms with van der Waals surface area (Å²) in [6, 6.07) is 8.55. The van der Waals surface area contributed by atoms with Gasteiger partial charge in [-0.25, -0.2) is 0 Å². The number of aryl methyl sites for hydroxylation is 1. The highest BCUT2D eigenvalue weighted by molar-refractivity contribution is 6.21. The van der Waals surface area contributed by atoms with E-state index in [9.17, 15) is 0 Å². The number of alkyl halides is 1. The molecule has 0 N–H and O–H groups in total. The van der Waals surface area contributed by atoms with Crippen molar-refractivity contribution in [1.82, 2.24) is 0 Å². The van der Waals surface area contributed by atoms with Crippen LogP contribution in [0.15, 0.2) is 24.3 Å². The van der Waals surface area contributed by atoms with E-state index in [2.05, 4.69) is 45.0 Å². The topological polar surface area (TPSA) is 0 Å². The van der Waals surface area contributed by atoms with Crippen LogP contribution in [0, 0.1) is 12.8 Å². The normalized spacial score (nSPS) is 13.2. The molecule has 0 fully saturated rings. The highest BCUT2D eigenvalue weighted by Gasteiger charge is 2.16. The van der Waals surface area contributed by atoms with Gasteiger partial charge in [-0.15, -0.1) is 11.6 Å².